The number of carbonyl (C=O) groups is 2. The third-order valence-corrected chi connectivity index (χ3v) is 3.39. The lowest BCUT2D eigenvalue weighted by Gasteiger charge is -2.16. The standard InChI is InChI=1S/C18H19N2O3/c1-13-6-8-14(9-7-13)17(22)19-16-5-3-4-15(12-16)18(23)20(2)10-11-21/h4-9,12,21H,10-11H2,1-2H3,(H,19,22). The molecule has 2 N–H and O–H groups in total. The number of aliphatic hydroxyl groups excluding tert-OH is 1. The summed E-state index contributed by atoms with van der Waals surface area (Å²) in [6.07, 6.45) is 0. The number of hydrogen-bond donors (Lipinski definition) is 2. The maximum atomic E-state index is 12.2. The van der Waals surface area contributed by atoms with Crippen molar-refractivity contribution in [1.82, 2.24) is 4.90 Å². The lowest BCUT2D eigenvalue weighted by atomic mass is 10.1. The Kier molecular flexibility index (Phi) is 5.49. The van der Waals surface area contributed by atoms with E-state index in [1.807, 2.05) is 19.1 Å². The Morgan fingerprint density at radius 2 is 1.87 bits per heavy atom. The Labute approximate surface area is 135 Å². The number of amides is 2. The monoisotopic (exact) mass is 311 g/mol. The van der Waals surface area contributed by atoms with Gasteiger partial charge < -0.3 is 15.3 Å². The molecule has 5 nitrogen and oxygen atoms in total. The summed E-state index contributed by atoms with van der Waals surface area (Å²) in [7, 11) is 1.61. The summed E-state index contributed by atoms with van der Waals surface area (Å²) < 4.78 is 0. The minimum Gasteiger partial charge on any atom is -0.395 e. The van der Waals surface area contributed by atoms with E-state index in [9.17, 15) is 9.59 Å². The van der Waals surface area contributed by atoms with Gasteiger partial charge in [0.1, 0.15) is 0 Å². The van der Waals surface area contributed by atoms with Crippen LogP contribution in [0.15, 0.2) is 42.5 Å². The zero-order chi connectivity index (χ0) is 16.8. The first-order chi connectivity index (χ1) is 11.0. The normalized spacial score (nSPS) is 10.2. The SMILES string of the molecule is Cc1ccc(C(=O)Nc2c[c]cc(C(=O)N(C)CCO)c2)cc1. The van der Waals surface area contributed by atoms with Gasteiger partial charge in [0.15, 0.2) is 0 Å². The van der Waals surface area contributed by atoms with Crippen molar-refractivity contribution < 1.29 is 14.7 Å². The van der Waals surface area contributed by atoms with Crippen molar-refractivity contribution >= 4 is 17.5 Å². The molecule has 0 heterocycles. The number of aryl methyl sites for hydroxylation is 1. The van der Waals surface area contributed by atoms with Gasteiger partial charge in [0.25, 0.3) is 11.8 Å². The molecule has 0 unspecified atom stereocenters. The number of anilines is 1. The van der Waals surface area contributed by atoms with Crippen molar-refractivity contribution in [3.8, 4) is 0 Å². The summed E-state index contributed by atoms with van der Waals surface area (Å²) in [5.74, 6) is -0.478. The molecule has 0 saturated heterocycles. The van der Waals surface area contributed by atoms with Gasteiger partial charge >= 0.3 is 0 Å². The molecular weight excluding hydrogens is 292 g/mol. The van der Waals surface area contributed by atoms with Gasteiger partial charge in [-0.25, -0.2) is 0 Å². The summed E-state index contributed by atoms with van der Waals surface area (Å²) in [5, 5.41) is 11.6. The van der Waals surface area contributed by atoms with Crippen molar-refractivity contribution in [3.63, 3.8) is 0 Å². The van der Waals surface area contributed by atoms with Crippen molar-refractivity contribution in [3.05, 3.63) is 65.2 Å². The fraction of sp³-hybridized carbons (Fsp3) is 0.222. The summed E-state index contributed by atoms with van der Waals surface area (Å²) in [5.41, 5.74) is 2.53. The number of hydrogen-bond acceptors (Lipinski definition) is 3. The number of aliphatic hydroxyl groups is 1. The van der Waals surface area contributed by atoms with E-state index in [4.69, 9.17) is 5.11 Å². The van der Waals surface area contributed by atoms with E-state index < -0.39 is 0 Å². The summed E-state index contributed by atoms with van der Waals surface area (Å²) in [6.45, 7) is 2.10. The Bertz CT molecular complexity index is 696. The van der Waals surface area contributed by atoms with E-state index in [1.54, 1.807) is 37.4 Å². The first-order valence-electron chi connectivity index (χ1n) is 7.26. The maximum absolute atomic E-state index is 12.2. The molecule has 23 heavy (non-hydrogen) atoms. The fourth-order valence-corrected chi connectivity index (χ4v) is 2.05. The molecule has 0 aliphatic heterocycles. The minimum atomic E-state index is -0.244. The van der Waals surface area contributed by atoms with E-state index >= 15 is 0 Å². The van der Waals surface area contributed by atoms with Gasteiger partial charge in [0.05, 0.1) is 6.61 Å². The Morgan fingerprint density at radius 1 is 1.17 bits per heavy atom. The molecule has 0 fully saturated rings. The van der Waals surface area contributed by atoms with Gasteiger partial charge in [0, 0.05) is 30.4 Å². The predicted octanol–water partition coefficient (Wildman–Crippen LogP) is 2.11. The van der Waals surface area contributed by atoms with E-state index in [1.165, 1.54) is 4.90 Å². The molecule has 5 heteroatoms. The van der Waals surface area contributed by atoms with Gasteiger partial charge in [-0.1, -0.05) is 17.7 Å². The van der Waals surface area contributed by atoms with Crippen LogP contribution in [0.25, 0.3) is 0 Å². The lowest BCUT2D eigenvalue weighted by molar-refractivity contribution is 0.0766. The molecule has 0 bridgehead atoms. The van der Waals surface area contributed by atoms with Crippen molar-refractivity contribution in [2.45, 2.75) is 6.92 Å². The van der Waals surface area contributed by atoms with E-state index in [0.29, 0.717) is 16.8 Å². The largest absolute Gasteiger partial charge is 0.395 e. The first-order valence-corrected chi connectivity index (χ1v) is 7.26. The van der Waals surface area contributed by atoms with E-state index in [0.717, 1.165) is 5.56 Å². The zero-order valence-electron chi connectivity index (χ0n) is 13.2. The van der Waals surface area contributed by atoms with Gasteiger partial charge in [-0.3, -0.25) is 9.59 Å². The Balaban J connectivity index is 2.12. The lowest BCUT2D eigenvalue weighted by Crippen LogP contribution is -2.29. The average Bonchev–Trinajstić information content (AvgIpc) is 2.55. The van der Waals surface area contributed by atoms with Crippen molar-refractivity contribution in [1.29, 1.82) is 0 Å². The van der Waals surface area contributed by atoms with Crippen LogP contribution in [0.5, 0.6) is 0 Å². The van der Waals surface area contributed by atoms with Crippen LogP contribution in [0.4, 0.5) is 5.69 Å². The second-order valence-electron chi connectivity index (χ2n) is 5.28. The van der Waals surface area contributed by atoms with Gasteiger partial charge in [-0.05, 0) is 43.3 Å². The van der Waals surface area contributed by atoms with Gasteiger partial charge in [0.2, 0.25) is 0 Å². The molecule has 2 amide bonds. The molecule has 0 saturated carbocycles. The highest BCUT2D eigenvalue weighted by Gasteiger charge is 2.12. The Hall–Kier alpha value is -2.66. The molecule has 0 aliphatic carbocycles. The van der Waals surface area contributed by atoms with Crippen molar-refractivity contribution in [2.75, 3.05) is 25.5 Å². The number of benzene rings is 2. The quantitative estimate of drug-likeness (QED) is 0.888. The second-order valence-corrected chi connectivity index (χ2v) is 5.28. The molecule has 2 aromatic rings. The molecule has 0 aromatic heterocycles. The number of carbonyl (C=O) groups excluding carboxylic acids is 2. The molecule has 0 aliphatic rings. The number of likely N-dealkylation sites (N-methyl/N-ethyl adjacent to an activating group) is 1. The fourth-order valence-electron chi connectivity index (χ4n) is 2.05. The first kappa shape index (κ1) is 16.7. The third-order valence-electron chi connectivity index (χ3n) is 3.39. The number of nitrogens with zero attached hydrogens (tertiary/aromatic N) is 1. The van der Waals surface area contributed by atoms with Crippen LogP contribution < -0.4 is 5.32 Å². The predicted molar refractivity (Wildman–Crippen MR) is 88.5 cm³/mol. The molecule has 0 atom stereocenters. The van der Waals surface area contributed by atoms with Crippen LogP contribution >= 0.6 is 0 Å². The molecule has 0 spiro atoms. The van der Waals surface area contributed by atoms with Crippen LogP contribution in [0.1, 0.15) is 26.3 Å². The molecule has 1 radical (unpaired) electrons. The van der Waals surface area contributed by atoms with Gasteiger partial charge in [-0.2, -0.15) is 0 Å². The van der Waals surface area contributed by atoms with Crippen LogP contribution in [-0.2, 0) is 0 Å². The number of nitrogens with one attached hydrogen (secondary N) is 1. The van der Waals surface area contributed by atoms with Crippen LogP contribution in [0, 0.1) is 13.0 Å². The summed E-state index contributed by atoms with van der Waals surface area (Å²) in [6, 6.07) is 14.8. The molecule has 2 rings (SSSR count). The molecule has 2 aromatic carbocycles. The van der Waals surface area contributed by atoms with Crippen LogP contribution in [0.2, 0.25) is 0 Å². The number of rotatable bonds is 5. The van der Waals surface area contributed by atoms with Crippen LogP contribution in [0.3, 0.4) is 0 Å². The highest BCUT2D eigenvalue weighted by Crippen LogP contribution is 2.14. The third kappa shape index (κ3) is 4.40. The topological polar surface area (TPSA) is 69.6 Å². The van der Waals surface area contributed by atoms with E-state index in [2.05, 4.69) is 11.4 Å². The maximum Gasteiger partial charge on any atom is 0.255 e. The zero-order valence-corrected chi connectivity index (χ0v) is 13.2. The highest BCUT2D eigenvalue weighted by molar-refractivity contribution is 6.05. The Morgan fingerprint density at radius 3 is 2.52 bits per heavy atom. The van der Waals surface area contributed by atoms with Crippen molar-refractivity contribution in [2.24, 2.45) is 0 Å². The van der Waals surface area contributed by atoms with Crippen LogP contribution in [-0.4, -0.2) is 42.0 Å². The van der Waals surface area contributed by atoms with Gasteiger partial charge in [-0.15, -0.1) is 0 Å². The molecule has 119 valence electrons. The highest BCUT2D eigenvalue weighted by atomic mass is 16.3. The second kappa shape index (κ2) is 7.56. The smallest absolute Gasteiger partial charge is 0.255 e. The van der Waals surface area contributed by atoms with E-state index in [-0.39, 0.29) is 25.0 Å². The average molecular weight is 311 g/mol. The molecular formula is C18H19N2O3. The minimum absolute atomic E-state index is 0.101. The summed E-state index contributed by atoms with van der Waals surface area (Å²) >= 11 is 0. The summed E-state index contributed by atoms with van der Waals surface area (Å²) in [4.78, 5) is 25.8.